The lowest BCUT2D eigenvalue weighted by Gasteiger charge is -2.32. The zero-order chi connectivity index (χ0) is 17.5. The number of ether oxygens (including phenoxy) is 2. The van der Waals surface area contributed by atoms with Gasteiger partial charge in [0.2, 0.25) is 0 Å². The number of alkyl halides is 3. The van der Waals surface area contributed by atoms with Crippen molar-refractivity contribution in [3.63, 3.8) is 0 Å². The van der Waals surface area contributed by atoms with Gasteiger partial charge >= 0.3 is 12.1 Å². The molecule has 1 aromatic carbocycles. The maximum absolute atomic E-state index is 13.6. The van der Waals surface area contributed by atoms with Crippen molar-refractivity contribution in [2.75, 3.05) is 13.7 Å². The average molecular weight is 332 g/mol. The van der Waals surface area contributed by atoms with Crippen LogP contribution in [0.25, 0.3) is 0 Å². The van der Waals surface area contributed by atoms with Crippen molar-refractivity contribution in [1.82, 2.24) is 0 Å². The Hall–Kier alpha value is -1.56. The lowest BCUT2D eigenvalue weighted by molar-refractivity contribution is -0.276. The first-order valence-corrected chi connectivity index (χ1v) is 7.64. The number of esters is 1. The third-order valence-electron chi connectivity index (χ3n) is 3.94. The molecule has 0 N–H and O–H groups in total. The third kappa shape index (κ3) is 4.47. The van der Waals surface area contributed by atoms with Crippen LogP contribution >= 0.6 is 0 Å². The molecule has 6 heteroatoms. The summed E-state index contributed by atoms with van der Waals surface area (Å²) in [6, 6.07) is 6.82. The van der Waals surface area contributed by atoms with Gasteiger partial charge in [0.05, 0.1) is 6.61 Å². The zero-order valence-corrected chi connectivity index (χ0v) is 13.7. The van der Waals surface area contributed by atoms with Crippen LogP contribution in [0.15, 0.2) is 30.3 Å². The largest absolute Gasteiger partial charge is 0.463 e. The van der Waals surface area contributed by atoms with Crippen molar-refractivity contribution in [3.05, 3.63) is 35.9 Å². The summed E-state index contributed by atoms with van der Waals surface area (Å²) in [4.78, 5) is 12.2. The number of methoxy groups -OCH3 is 1. The fraction of sp³-hybridized carbons (Fsp3) is 0.588. The van der Waals surface area contributed by atoms with Crippen LogP contribution in [0, 0.1) is 5.92 Å². The Morgan fingerprint density at radius 1 is 1.22 bits per heavy atom. The molecule has 3 nitrogen and oxygen atoms in total. The molecule has 130 valence electrons. The summed E-state index contributed by atoms with van der Waals surface area (Å²) in [5.74, 6) is -0.986. The molecular formula is C17H23F3O3. The second-order valence-corrected chi connectivity index (χ2v) is 5.54. The zero-order valence-electron chi connectivity index (χ0n) is 13.7. The highest BCUT2D eigenvalue weighted by Gasteiger charge is 2.64. The average Bonchev–Trinajstić information content (AvgIpc) is 2.52. The Morgan fingerprint density at radius 3 is 2.30 bits per heavy atom. The van der Waals surface area contributed by atoms with Gasteiger partial charge in [0.1, 0.15) is 0 Å². The van der Waals surface area contributed by atoms with Crippen LogP contribution in [0.5, 0.6) is 0 Å². The Balaban J connectivity index is 2.91. The van der Waals surface area contributed by atoms with Gasteiger partial charge < -0.3 is 9.47 Å². The number of carbonyl (C=O) groups excluding carboxylic acids is 1. The van der Waals surface area contributed by atoms with E-state index in [9.17, 15) is 18.0 Å². The summed E-state index contributed by atoms with van der Waals surface area (Å²) >= 11 is 0. The molecular weight excluding hydrogens is 309 g/mol. The van der Waals surface area contributed by atoms with Gasteiger partial charge in [-0.05, 0) is 18.8 Å². The van der Waals surface area contributed by atoms with Gasteiger partial charge in [-0.25, -0.2) is 4.79 Å². The number of halogens is 3. The Labute approximate surface area is 134 Å². The summed E-state index contributed by atoms with van der Waals surface area (Å²) in [5, 5.41) is 0. The van der Waals surface area contributed by atoms with E-state index in [1.54, 1.807) is 6.07 Å². The van der Waals surface area contributed by atoms with Gasteiger partial charge in [0.25, 0.3) is 5.60 Å². The standard InChI is InChI=1S/C17H23F3O3/c1-4-13(2)9-8-12-23-15(21)16(22-3,17(18,19)20)14-10-6-5-7-11-14/h5-7,10-11,13H,4,8-9,12H2,1-3H3. The number of hydrogen-bond donors (Lipinski definition) is 0. The van der Waals surface area contributed by atoms with Crippen molar-refractivity contribution in [1.29, 1.82) is 0 Å². The van der Waals surface area contributed by atoms with Crippen molar-refractivity contribution in [2.45, 2.75) is 44.9 Å². The van der Waals surface area contributed by atoms with Crippen LogP contribution in [-0.4, -0.2) is 25.9 Å². The van der Waals surface area contributed by atoms with E-state index in [1.165, 1.54) is 24.3 Å². The van der Waals surface area contributed by atoms with Crippen molar-refractivity contribution in [3.8, 4) is 0 Å². The smallest absolute Gasteiger partial charge is 0.432 e. The molecule has 0 heterocycles. The number of benzene rings is 1. The van der Waals surface area contributed by atoms with Crippen LogP contribution in [0.2, 0.25) is 0 Å². The minimum Gasteiger partial charge on any atom is -0.463 e. The van der Waals surface area contributed by atoms with E-state index in [0.29, 0.717) is 12.3 Å². The first-order valence-electron chi connectivity index (χ1n) is 7.64. The molecule has 2 atom stereocenters. The minimum atomic E-state index is -4.92. The maximum Gasteiger partial charge on any atom is 0.432 e. The maximum atomic E-state index is 13.6. The summed E-state index contributed by atoms with van der Waals surface area (Å²) in [6.45, 7) is 4.02. The fourth-order valence-corrected chi connectivity index (χ4v) is 2.29. The van der Waals surface area contributed by atoms with Gasteiger partial charge in [-0.2, -0.15) is 13.2 Å². The van der Waals surface area contributed by atoms with Gasteiger partial charge in [-0.15, -0.1) is 0 Å². The molecule has 0 aliphatic carbocycles. The van der Waals surface area contributed by atoms with E-state index in [0.717, 1.165) is 20.0 Å². The number of rotatable bonds is 8. The second kappa shape index (κ2) is 8.34. The van der Waals surface area contributed by atoms with Gasteiger partial charge in [-0.3, -0.25) is 0 Å². The van der Waals surface area contributed by atoms with Crippen LogP contribution in [-0.2, 0) is 19.9 Å². The Bertz CT molecular complexity index is 488. The molecule has 0 spiro atoms. The Morgan fingerprint density at radius 2 is 1.83 bits per heavy atom. The van der Waals surface area contributed by atoms with Crippen LogP contribution in [0.3, 0.4) is 0 Å². The second-order valence-electron chi connectivity index (χ2n) is 5.54. The quantitative estimate of drug-likeness (QED) is 0.521. The number of carbonyl (C=O) groups is 1. The molecule has 0 saturated heterocycles. The highest BCUT2D eigenvalue weighted by atomic mass is 19.4. The molecule has 0 amide bonds. The van der Waals surface area contributed by atoms with Crippen LogP contribution in [0.1, 0.15) is 38.7 Å². The fourth-order valence-electron chi connectivity index (χ4n) is 2.29. The summed E-state index contributed by atoms with van der Waals surface area (Å²) < 4.78 is 50.3. The normalized spacial score (nSPS) is 15.7. The molecule has 0 aliphatic rings. The molecule has 1 rings (SSSR count). The highest BCUT2D eigenvalue weighted by Crippen LogP contribution is 2.42. The number of hydrogen-bond acceptors (Lipinski definition) is 3. The summed E-state index contributed by atoms with van der Waals surface area (Å²) in [7, 11) is 0.862. The lowest BCUT2D eigenvalue weighted by atomic mass is 9.92. The molecule has 2 unspecified atom stereocenters. The van der Waals surface area contributed by atoms with E-state index in [-0.39, 0.29) is 12.2 Å². The first kappa shape index (κ1) is 19.5. The monoisotopic (exact) mass is 332 g/mol. The summed E-state index contributed by atoms with van der Waals surface area (Å²) in [6.07, 6.45) is -2.63. The molecule has 23 heavy (non-hydrogen) atoms. The SMILES string of the molecule is CCC(C)CCCOC(=O)C(OC)(c1ccccc1)C(F)(F)F. The lowest BCUT2D eigenvalue weighted by Crippen LogP contribution is -2.51. The predicted octanol–water partition coefficient (Wildman–Crippen LogP) is 4.46. The molecule has 0 aromatic heterocycles. The molecule has 0 fully saturated rings. The Kier molecular flexibility index (Phi) is 7.06. The highest BCUT2D eigenvalue weighted by molar-refractivity contribution is 5.82. The van der Waals surface area contributed by atoms with E-state index in [4.69, 9.17) is 4.74 Å². The van der Waals surface area contributed by atoms with Gasteiger partial charge in [-0.1, -0.05) is 50.6 Å². The molecule has 0 radical (unpaired) electrons. The van der Waals surface area contributed by atoms with Gasteiger partial charge in [0.15, 0.2) is 0 Å². The first-order chi connectivity index (χ1) is 10.8. The van der Waals surface area contributed by atoms with Gasteiger partial charge in [0, 0.05) is 12.7 Å². The topological polar surface area (TPSA) is 35.5 Å². The third-order valence-corrected chi connectivity index (χ3v) is 3.94. The molecule has 1 aromatic rings. The molecule has 0 saturated carbocycles. The van der Waals surface area contributed by atoms with Crippen molar-refractivity contribution < 1.29 is 27.4 Å². The molecule has 0 aliphatic heterocycles. The minimum absolute atomic E-state index is 0.0583. The molecule has 0 bridgehead atoms. The van der Waals surface area contributed by atoms with Crippen LogP contribution < -0.4 is 0 Å². The van der Waals surface area contributed by atoms with Crippen molar-refractivity contribution in [2.24, 2.45) is 5.92 Å². The predicted molar refractivity (Wildman–Crippen MR) is 80.8 cm³/mol. The van der Waals surface area contributed by atoms with Crippen molar-refractivity contribution >= 4 is 5.97 Å². The van der Waals surface area contributed by atoms with E-state index < -0.39 is 17.7 Å². The van der Waals surface area contributed by atoms with E-state index in [2.05, 4.69) is 4.74 Å². The summed E-state index contributed by atoms with van der Waals surface area (Å²) in [5.41, 5.74) is -3.38. The van der Waals surface area contributed by atoms with E-state index in [1.807, 2.05) is 13.8 Å². The van der Waals surface area contributed by atoms with Crippen LogP contribution in [0.4, 0.5) is 13.2 Å². The van der Waals surface area contributed by atoms with E-state index >= 15 is 0 Å².